The van der Waals surface area contributed by atoms with Gasteiger partial charge in [0.1, 0.15) is 11.5 Å². The summed E-state index contributed by atoms with van der Waals surface area (Å²) in [5, 5.41) is 0. The van der Waals surface area contributed by atoms with Crippen LogP contribution in [-0.2, 0) is 9.53 Å². The maximum Gasteiger partial charge on any atom is 0.410 e. The Kier molecular flexibility index (Phi) is 4.85. The van der Waals surface area contributed by atoms with E-state index in [9.17, 15) is 9.59 Å². The highest BCUT2D eigenvalue weighted by Gasteiger charge is 2.32. The number of likely N-dealkylation sites (tertiary alicyclic amines) is 1. The molecule has 0 aromatic rings. The number of likely N-dealkylation sites (N-methyl/N-ethyl adjacent to an activating group) is 1. The number of halogens is 1. The lowest BCUT2D eigenvalue weighted by Gasteiger charge is -2.26. The van der Waals surface area contributed by atoms with Gasteiger partial charge in [0.2, 0.25) is 5.91 Å². The molecule has 1 rings (SSSR count). The molecule has 0 saturated carbocycles. The average molecular weight is 277 g/mol. The van der Waals surface area contributed by atoms with Gasteiger partial charge in [0.05, 0.1) is 6.04 Å². The number of carbonyl (C=O) groups is 2. The van der Waals surface area contributed by atoms with Gasteiger partial charge in [-0.05, 0) is 27.2 Å². The highest BCUT2D eigenvalue weighted by Crippen LogP contribution is 2.18. The van der Waals surface area contributed by atoms with E-state index in [1.165, 1.54) is 0 Å². The fourth-order valence-electron chi connectivity index (χ4n) is 1.85. The molecule has 5 nitrogen and oxygen atoms in total. The molecule has 0 radical (unpaired) electrons. The number of alkyl halides is 1. The molecule has 0 aromatic heterocycles. The first-order chi connectivity index (χ1) is 8.24. The normalized spacial score (nSPS) is 19.8. The Balaban J connectivity index is 2.51. The lowest BCUT2D eigenvalue weighted by Crippen LogP contribution is -2.41. The summed E-state index contributed by atoms with van der Waals surface area (Å²) in [5.74, 6) is -0.146. The molecule has 104 valence electrons. The molecule has 2 amide bonds. The lowest BCUT2D eigenvalue weighted by molar-refractivity contribution is -0.129. The van der Waals surface area contributed by atoms with Crippen molar-refractivity contribution in [1.82, 2.24) is 9.80 Å². The molecule has 1 fully saturated rings. The van der Waals surface area contributed by atoms with Crippen molar-refractivity contribution in [2.45, 2.75) is 38.8 Å². The van der Waals surface area contributed by atoms with Crippen LogP contribution in [0.3, 0.4) is 0 Å². The van der Waals surface area contributed by atoms with Crippen LogP contribution in [0.1, 0.15) is 27.2 Å². The summed E-state index contributed by atoms with van der Waals surface area (Å²) in [6.45, 7) is 6.62. The van der Waals surface area contributed by atoms with E-state index in [1.54, 1.807) is 16.8 Å². The van der Waals surface area contributed by atoms with Crippen molar-refractivity contribution in [3.05, 3.63) is 0 Å². The summed E-state index contributed by atoms with van der Waals surface area (Å²) in [6.07, 6.45) is 0.440. The van der Waals surface area contributed by atoms with Gasteiger partial charge in [0.15, 0.2) is 0 Å². The Morgan fingerprint density at radius 3 is 2.56 bits per heavy atom. The lowest BCUT2D eigenvalue weighted by atomic mass is 10.2. The molecule has 1 atom stereocenters. The molecule has 0 bridgehead atoms. The zero-order valence-electron chi connectivity index (χ0n) is 11.4. The zero-order chi connectivity index (χ0) is 13.9. The van der Waals surface area contributed by atoms with Crippen LogP contribution >= 0.6 is 11.6 Å². The summed E-state index contributed by atoms with van der Waals surface area (Å²) in [7, 11) is 1.72. The fourth-order valence-corrected chi connectivity index (χ4v) is 2.04. The summed E-state index contributed by atoms with van der Waals surface area (Å²) in [4.78, 5) is 26.5. The maximum absolute atomic E-state index is 11.8. The Morgan fingerprint density at radius 2 is 2.06 bits per heavy atom. The maximum atomic E-state index is 11.8. The van der Waals surface area contributed by atoms with Crippen LogP contribution in [0.25, 0.3) is 0 Å². The van der Waals surface area contributed by atoms with Crippen molar-refractivity contribution in [2.24, 2.45) is 0 Å². The van der Waals surface area contributed by atoms with Crippen LogP contribution in [0.2, 0.25) is 0 Å². The highest BCUT2D eigenvalue weighted by atomic mass is 35.5. The fraction of sp³-hybridized carbons (Fsp3) is 0.833. The van der Waals surface area contributed by atoms with E-state index >= 15 is 0 Å². The number of rotatable bonds is 2. The molecule has 0 unspecified atom stereocenters. The van der Waals surface area contributed by atoms with E-state index in [4.69, 9.17) is 16.3 Å². The van der Waals surface area contributed by atoms with Gasteiger partial charge in [-0.15, -0.1) is 11.6 Å². The Morgan fingerprint density at radius 1 is 1.44 bits per heavy atom. The summed E-state index contributed by atoms with van der Waals surface area (Å²) < 4.78 is 5.29. The SMILES string of the molecule is CN(C(=O)CCl)[C@H]1CCN(C(=O)OC(C)(C)C)C1. The molecule has 1 heterocycles. The first kappa shape index (κ1) is 15.1. The molecule has 0 N–H and O–H groups in total. The highest BCUT2D eigenvalue weighted by molar-refractivity contribution is 6.27. The first-order valence-corrected chi connectivity index (χ1v) is 6.57. The predicted octanol–water partition coefficient (Wildman–Crippen LogP) is 1.69. The van der Waals surface area contributed by atoms with Gasteiger partial charge in [0, 0.05) is 20.1 Å². The van der Waals surface area contributed by atoms with Crippen molar-refractivity contribution < 1.29 is 14.3 Å². The Hall–Kier alpha value is -0.970. The van der Waals surface area contributed by atoms with E-state index in [-0.39, 0.29) is 23.9 Å². The second-order valence-corrected chi connectivity index (χ2v) is 5.77. The van der Waals surface area contributed by atoms with Crippen LogP contribution in [0.4, 0.5) is 4.79 Å². The molecule has 0 spiro atoms. The van der Waals surface area contributed by atoms with Crippen molar-refractivity contribution in [1.29, 1.82) is 0 Å². The molecule has 6 heteroatoms. The minimum atomic E-state index is -0.493. The third-order valence-electron chi connectivity index (χ3n) is 2.87. The van der Waals surface area contributed by atoms with Gasteiger partial charge in [0.25, 0.3) is 0 Å². The number of ether oxygens (including phenoxy) is 1. The molecular weight excluding hydrogens is 256 g/mol. The van der Waals surface area contributed by atoms with Crippen molar-refractivity contribution >= 4 is 23.6 Å². The van der Waals surface area contributed by atoms with Gasteiger partial charge in [-0.25, -0.2) is 4.79 Å². The minimum absolute atomic E-state index is 0.0283. The van der Waals surface area contributed by atoms with Crippen LogP contribution in [0, 0.1) is 0 Å². The largest absolute Gasteiger partial charge is 0.444 e. The molecule has 1 aliphatic rings. The van der Waals surface area contributed by atoms with Crippen molar-refractivity contribution in [2.75, 3.05) is 26.0 Å². The van der Waals surface area contributed by atoms with E-state index in [2.05, 4.69) is 0 Å². The van der Waals surface area contributed by atoms with Crippen LogP contribution in [0.15, 0.2) is 0 Å². The smallest absolute Gasteiger partial charge is 0.410 e. The number of hydrogen-bond donors (Lipinski definition) is 0. The topological polar surface area (TPSA) is 49.9 Å². The first-order valence-electron chi connectivity index (χ1n) is 6.04. The molecule has 1 aliphatic heterocycles. The van der Waals surface area contributed by atoms with Gasteiger partial charge >= 0.3 is 6.09 Å². The van der Waals surface area contributed by atoms with Gasteiger partial charge < -0.3 is 14.5 Å². The van der Waals surface area contributed by atoms with Crippen molar-refractivity contribution in [3.8, 4) is 0 Å². The van der Waals surface area contributed by atoms with Crippen LogP contribution in [-0.4, -0.2) is 59.5 Å². The minimum Gasteiger partial charge on any atom is -0.444 e. The summed E-state index contributed by atoms with van der Waals surface area (Å²) in [5.41, 5.74) is -0.493. The van der Waals surface area contributed by atoms with E-state index in [0.29, 0.717) is 13.1 Å². The molecule has 0 aliphatic carbocycles. The molecule has 18 heavy (non-hydrogen) atoms. The van der Waals surface area contributed by atoms with E-state index in [1.807, 2.05) is 20.8 Å². The quantitative estimate of drug-likeness (QED) is 0.721. The zero-order valence-corrected chi connectivity index (χ0v) is 12.2. The van der Waals surface area contributed by atoms with Crippen LogP contribution in [0.5, 0.6) is 0 Å². The van der Waals surface area contributed by atoms with E-state index < -0.39 is 5.60 Å². The van der Waals surface area contributed by atoms with Gasteiger partial charge in [-0.3, -0.25) is 4.79 Å². The van der Waals surface area contributed by atoms with E-state index in [0.717, 1.165) is 6.42 Å². The average Bonchev–Trinajstić information content (AvgIpc) is 2.73. The molecule has 0 aromatic carbocycles. The van der Waals surface area contributed by atoms with Crippen LogP contribution < -0.4 is 0 Å². The molecule has 1 saturated heterocycles. The summed E-state index contributed by atoms with van der Waals surface area (Å²) >= 11 is 5.51. The molecular formula is C12H21ClN2O3. The second-order valence-electron chi connectivity index (χ2n) is 5.51. The Bertz CT molecular complexity index is 328. The second kappa shape index (κ2) is 5.78. The third-order valence-corrected chi connectivity index (χ3v) is 3.10. The predicted molar refractivity (Wildman–Crippen MR) is 69.7 cm³/mol. The number of hydrogen-bond acceptors (Lipinski definition) is 3. The number of carbonyl (C=O) groups excluding carboxylic acids is 2. The third kappa shape index (κ3) is 4.05. The number of nitrogens with zero attached hydrogens (tertiary/aromatic N) is 2. The standard InChI is InChI=1S/C12H21ClN2O3/c1-12(2,3)18-11(17)15-6-5-9(8-15)14(4)10(16)7-13/h9H,5-8H2,1-4H3/t9-/m0/s1. The van der Waals surface area contributed by atoms with Gasteiger partial charge in [-0.1, -0.05) is 0 Å². The Labute approximate surface area is 113 Å². The van der Waals surface area contributed by atoms with Crippen molar-refractivity contribution in [3.63, 3.8) is 0 Å². The number of amides is 2. The summed E-state index contributed by atoms with van der Waals surface area (Å²) in [6, 6.07) is 0.0313. The monoisotopic (exact) mass is 276 g/mol. The van der Waals surface area contributed by atoms with Gasteiger partial charge in [-0.2, -0.15) is 0 Å².